The van der Waals surface area contributed by atoms with E-state index in [9.17, 15) is 4.79 Å². The number of hydrogen-bond acceptors (Lipinski definition) is 3. The lowest BCUT2D eigenvalue weighted by atomic mass is 9.93. The fourth-order valence-electron chi connectivity index (χ4n) is 3.04. The standard InChI is InChI=1S/C17H32N4O2.HI/c1-5-18-15(21-10-9-17(3,4)12-21)19-11-14(13-7-8-13)20-16(22)23-6-2;/h13-14H,5-12H2,1-4H3,(H,18,19)(H,20,22);1H. The van der Waals surface area contributed by atoms with E-state index in [1.54, 1.807) is 0 Å². The number of amides is 1. The summed E-state index contributed by atoms with van der Waals surface area (Å²) in [5.74, 6) is 1.51. The van der Waals surface area contributed by atoms with Gasteiger partial charge in [0.15, 0.2) is 5.96 Å². The molecule has 2 fully saturated rings. The van der Waals surface area contributed by atoms with Crippen LogP contribution in [0.2, 0.25) is 0 Å². The van der Waals surface area contributed by atoms with Gasteiger partial charge in [0, 0.05) is 19.6 Å². The first-order valence-electron chi connectivity index (χ1n) is 8.91. The lowest BCUT2D eigenvalue weighted by Gasteiger charge is -2.24. The molecule has 7 heteroatoms. The molecule has 1 aliphatic heterocycles. The van der Waals surface area contributed by atoms with Crippen molar-refractivity contribution in [3.63, 3.8) is 0 Å². The first-order chi connectivity index (χ1) is 10.9. The molecule has 1 heterocycles. The summed E-state index contributed by atoms with van der Waals surface area (Å²) in [5, 5.41) is 6.36. The summed E-state index contributed by atoms with van der Waals surface area (Å²) in [6.45, 7) is 12.4. The molecule has 1 saturated carbocycles. The van der Waals surface area contributed by atoms with E-state index in [0.717, 1.165) is 25.6 Å². The van der Waals surface area contributed by atoms with Crippen LogP contribution in [0.5, 0.6) is 0 Å². The fraction of sp³-hybridized carbons (Fsp3) is 0.882. The van der Waals surface area contributed by atoms with E-state index >= 15 is 0 Å². The molecule has 0 radical (unpaired) electrons. The Balaban J connectivity index is 0.00000288. The number of rotatable bonds is 6. The number of aliphatic imine (C=N–C) groups is 1. The van der Waals surface area contributed by atoms with Gasteiger partial charge in [0.05, 0.1) is 19.2 Å². The minimum atomic E-state index is -0.327. The Kier molecular flexibility index (Phi) is 8.59. The number of nitrogens with zero attached hydrogens (tertiary/aromatic N) is 2. The van der Waals surface area contributed by atoms with Gasteiger partial charge in [-0.1, -0.05) is 13.8 Å². The molecule has 0 aromatic heterocycles. The summed E-state index contributed by atoms with van der Waals surface area (Å²) in [5.41, 5.74) is 0.343. The van der Waals surface area contributed by atoms with Gasteiger partial charge in [-0.25, -0.2) is 4.79 Å². The number of nitrogens with one attached hydrogen (secondary N) is 2. The van der Waals surface area contributed by atoms with Crippen molar-refractivity contribution >= 4 is 36.0 Å². The van der Waals surface area contributed by atoms with Crippen molar-refractivity contribution in [2.24, 2.45) is 16.3 Å². The van der Waals surface area contributed by atoms with Gasteiger partial charge in [-0.05, 0) is 44.4 Å². The van der Waals surface area contributed by atoms with E-state index < -0.39 is 0 Å². The zero-order chi connectivity index (χ0) is 16.9. The molecule has 6 nitrogen and oxygen atoms in total. The van der Waals surface area contributed by atoms with E-state index in [1.165, 1.54) is 19.3 Å². The molecule has 0 aromatic carbocycles. The summed E-state index contributed by atoms with van der Waals surface area (Å²) in [6, 6.07) is 0.0818. The minimum Gasteiger partial charge on any atom is -0.450 e. The molecule has 140 valence electrons. The Morgan fingerprint density at radius 3 is 2.58 bits per heavy atom. The second-order valence-corrected chi connectivity index (χ2v) is 7.34. The highest BCUT2D eigenvalue weighted by Gasteiger charge is 2.34. The average Bonchev–Trinajstić information content (AvgIpc) is 3.26. The molecule has 1 saturated heterocycles. The number of halogens is 1. The van der Waals surface area contributed by atoms with Gasteiger partial charge in [0.25, 0.3) is 0 Å². The highest BCUT2D eigenvalue weighted by molar-refractivity contribution is 14.0. The molecular formula is C17H33IN4O2. The van der Waals surface area contributed by atoms with E-state index in [1.807, 2.05) is 6.92 Å². The molecule has 1 atom stereocenters. The van der Waals surface area contributed by atoms with Gasteiger partial charge >= 0.3 is 6.09 Å². The van der Waals surface area contributed by atoms with Crippen molar-refractivity contribution in [2.45, 2.75) is 53.0 Å². The van der Waals surface area contributed by atoms with Gasteiger partial charge in [-0.15, -0.1) is 24.0 Å². The maximum absolute atomic E-state index is 11.7. The highest BCUT2D eigenvalue weighted by Crippen LogP contribution is 2.33. The molecule has 1 amide bonds. The minimum absolute atomic E-state index is 0. The lowest BCUT2D eigenvalue weighted by Crippen LogP contribution is -2.43. The van der Waals surface area contributed by atoms with E-state index in [0.29, 0.717) is 24.5 Å². The lowest BCUT2D eigenvalue weighted by molar-refractivity contribution is 0.147. The molecule has 2 rings (SSSR count). The van der Waals surface area contributed by atoms with Gasteiger partial charge < -0.3 is 20.3 Å². The normalized spacial score (nSPS) is 21.0. The summed E-state index contributed by atoms with van der Waals surface area (Å²) in [7, 11) is 0. The van der Waals surface area contributed by atoms with Crippen molar-refractivity contribution in [3.05, 3.63) is 0 Å². The summed E-state index contributed by atoms with van der Waals surface area (Å²) in [4.78, 5) is 18.8. The molecule has 24 heavy (non-hydrogen) atoms. The summed E-state index contributed by atoms with van der Waals surface area (Å²) >= 11 is 0. The molecule has 1 unspecified atom stereocenters. The van der Waals surface area contributed by atoms with Crippen LogP contribution in [0, 0.1) is 11.3 Å². The Labute approximate surface area is 163 Å². The topological polar surface area (TPSA) is 66.0 Å². The van der Waals surface area contributed by atoms with Crippen molar-refractivity contribution in [1.29, 1.82) is 0 Å². The van der Waals surface area contributed by atoms with Crippen LogP contribution >= 0.6 is 24.0 Å². The van der Waals surface area contributed by atoms with Crippen LogP contribution < -0.4 is 10.6 Å². The number of guanidine groups is 1. The van der Waals surface area contributed by atoms with Gasteiger partial charge in [-0.2, -0.15) is 0 Å². The maximum atomic E-state index is 11.7. The molecule has 0 spiro atoms. The molecule has 2 aliphatic rings. The summed E-state index contributed by atoms with van der Waals surface area (Å²) < 4.78 is 5.01. The number of carbonyl (C=O) groups is 1. The maximum Gasteiger partial charge on any atom is 0.407 e. The zero-order valence-electron chi connectivity index (χ0n) is 15.4. The smallest absolute Gasteiger partial charge is 0.407 e. The first kappa shape index (κ1) is 21.3. The third kappa shape index (κ3) is 6.64. The Bertz CT molecular complexity index is 438. The second-order valence-electron chi connectivity index (χ2n) is 7.34. The Morgan fingerprint density at radius 1 is 1.38 bits per heavy atom. The van der Waals surface area contributed by atoms with Crippen LogP contribution in [0.4, 0.5) is 4.79 Å². The van der Waals surface area contributed by atoms with Crippen molar-refractivity contribution < 1.29 is 9.53 Å². The van der Waals surface area contributed by atoms with Crippen molar-refractivity contribution in [2.75, 3.05) is 32.8 Å². The monoisotopic (exact) mass is 452 g/mol. The first-order valence-corrected chi connectivity index (χ1v) is 8.91. The van der Waals surface area contributed by atoms with Gasteiger partial charge in [0.2, 0.25) is 0 Å². The van der Waals surface area contributed by atoms with Crippen LogP contribution in [-0.2, 0) is 4.74 Å². The van der Waals surface area contributed by atoms with Crippen molar-refractivity contribution in [1.82, 2.24) is 15.5 Å². The van der Waals surface area contributed by atoms with E-state index in [2.05, 4.69) is 36.3 Å². The summed E-state index contributed by atoms with van der Waals surface area (Å²) in [6.07, 6.45) is 3.19. The number of alkyl carbamates (subject to hydrolysis) is 1. The highest BCUT2D eigenvalue weighted by atomic mass is 127. The van der Waals surface area contributed by atoms with E-state index in [-0.39, 0.29) is 36.1 Å². The van der Waals surface area contributed by atoms with Crippen LogP contribution in [-0.4, -0.2) is 55.8 Å². The van der Waals surface area contributed by atoms with Crippen molar-refractivity contribution in [3.8, 4) is 0 Å². The SMILES string of the molecule is CCNC(=NCC(NC(=O)OCC)C1CC1)N1CCC(C)(C)C1.I. The number of ether oxygens (including phenoxy) is 1. The van der Waals surface area contributed by atoms with Crippen LogP contribution in [0.25, 0.3) is 0 Å². The molecule has 1 aliphatic carbocycles. The second kappa shape index (κ2) is 9.68. The molecule has 2 N–H and O–H groups in total. The van der Waals surface area contributed by atoms with Gasteiger partial charge in [0.1, 0.15) is 0 Å². The average molecular weight is 452 g/mol. The van der Waals surface area contributed by atoms with E-state index in [4.69, 9.17) is 9.73 Å². The Hall–Kier alpha value is -0.730. The van der Waals surface area contributed by atoms with Crippen LogP contribution in [0.3, 0.4) is 0 Å². The number of carbonyl (C=O) groups excluding carboxylic acids is 1. The third-order valence-electron chi connectivity index (χ3n) is 4.52. The zero-order valence-corrected chi connectivity index (χ0v) is 17.8. The quantitative estimate of drug-likeness (QED) is 0.370. The fourth-order valence-corrected chi connectivity index (χ4v) is 3.04. The molecule has 0 aromatic rings. The number of hydrogen-bond donors (Lipinski definition) is 2. The van der Waals surface area contributed by atoms with Crippen LogP contribution in [0.15, 0.2) is 4.99 Å². The Morgan fingerprint density at radius 2 is 2.08 bits per heavy atom. The predicted octanol–water partition coefficient (Wildman–Crippen LogP) is 2.83. The predicted molar refractivity (Wildman–Crippen MR) is 108 cm³/mol. The van der Waals surface area contributed by atoms with Gasteiger partial charge in [-0.3, -0.25) is 4.99 Å². The largest absolute Gasteiger partial charge is 0.450 e. The van der Waals surface area contributed by atoms with Crippen LogP contribution in [0.1, 0.15) is 47.0 Å². The number of likely N-dealkylation sites (tertiary alicyclic amines) is 1. The third-order valence-corrected chi connectivity index (χ3v) is 4.52. The molecular weight excluding hydrogens is 419 g/mol. The molecule has 0 bridgehead atoms.